The van der Waals surface area contributed by atoms with E-state index >= 15 is 0 Å². The largest absolute Gasteiger partial charge is 0.342 e. The predicted molar refractivity (Wildman–Crippen MR) is 78.5 cm³/mol. The van der Waals surface area contributed by atoms with Gasteiger partial charge in [-0.3, -0.25) is 9.98 Å². The second-order valence-corrected chi connectivity index (χ2v) is 4.55. The molecule has 0 aliphatic carbocycles. The lowest BCUT2D eigenvalue weighted by Crippen LogP contribution is -2.25. The number of imidazole rings is 1. The lowest BCUT2D eigenvalue weighted by atomic mass is 10.2. The number of fused-ring (bicyclic) bond motifs is 1. The Morgan fingerprint density at radius 1 is 1.26 bits per heavy atom. The van der Waals surface area contributed by atoms with E-state index in [1.807, 2.05) is 11.5 Å². The van der Waals surface area contributed by atoms with Crippen LogP contribution in [-0.2, 0) is 13.0 Å². The number of rotatable bonds is 6. The lowest BCUT2D eigenvalue weighted by molar-refractivity contribution is 0.561. The molecule has 0 aliphatic rings. The van der Waals surface area contributed by atoms with E-state index in [1.165, 1.54) is 19.3 Å². The fraction of sp³-hybridized carbons (Fsp3) is 0.615. The van der Waals surface area contributed by atoms with Crippen molar-refractivity contribution in [3.8, 4) is 0 Å². The predicted octanol–water partition coefficient (Wildman–Crippen LogP) is 2.80. The van der Waals surface area contributed by atoms with Crippen LogP contribution in [0.15, 0.2) is 6.33 Å². The number of aromatic nitrogens is 4. The van der Waals surface area contributed by atoms with Gasteiger partial charge in [0.2, 0.25) is 5.62 Å². The molecule has 2 aromatic rings. The Morgan fingerprint density at radius 2 is 2.05 bits per heavy atom. The highest BCUT2D eigenvalue weighted by molar-refractivity contribution is 5.85. The van der Waals surface area contributed by atoms with Crippen molar-refractivity contribution in [3.63, 3.8) is 0 Å². The Kier molecular flexibility index (Phi) is 6.02. The molecule has 19 heavy (non-hydrogen) atoms. The van der Waals surface area contributed by atoms with Crippen molar-refractivity contribution in [2.75, 3.05) is 0 Å². The van der Waals surface area contributed by atoms with Crippen molar-refractivity contribution in [2.24, 2.45) is 0 Å². The van der Waals surface area contributed by atoms with Crippen molar-refractivity contribution in [1.29, 1.82) is 5.41 Å². The molecule has 0 fully saturated rings. The summed E-state index contributed by atoms with van der Waals surface area (Å²) in [5, 5.41) is 8.01. The van der Waals surface area contributed by atoms with Crippen molar-refractivity contribution in [1.82, 2.24) is 19.5 Å². The average molecular weight is 284 g/mol. The molecule has 0 saturated carbocycles. The van der Waals surface area contributed by atoms with Gasteiger partial charge >= 0.3 is 0 Å². The van der Waals surface area contributed by atoms with E-state index in [2.05, 4.69) is 21.9 Å². The molecule has 2 heterocycles. The molecule has 0 unspecified atom stereocenters. The molecule has 5 nitrogen and oxygen atoms in total. The van der Waals surface area contributed by atoms with Gasteiger partial charge in [0.25, 0.3) is 0 Å². The topological polar surface area (TPSA) is 70.3 Å². The zero-order chi connectivity index (χ0) is 13.0. The summed E-state index contributed by atoms with van der Waals surface area (Å²) in [4.78, 5) is 11.8. The van der Waals surface area contributed by atoms with Crippen molar-refractivity contribution >= 4 is 23.6 Å². The van der Waals surface area contributed by atoms with Gasteiger partial charge in [0.15, 0.2) is 5.65 Å². The molecule has 0 saturated heterocycles. The molecule has 0 atom stereocenters. The van der Waals surface area contributed by atoms with E-state index in [1.54, 1.807) is 6.33 Å². The molecule has 0 radical (unpaired) electrons. The van der Waals surface area contributed by atoms with Gasteiger partial charge in [-0.1, -0.05) is 33.1 Å². The maximum Gasteiger partial charge on any atom is 0.223 e. The van der Waals surface area contributed by atoms with Crippen molar-refractivity contribution < 1.29 is 0 Å². The number of aryl methyl sites for hydroxylation is 2. The molecule has 2 N–H and O–H groups in total. The maximum absolute atomic E-state index is 8.01. The minimum atomic E-state index is 0. The Balaban J connectivity index is 0.00000180. The summed E-state index contributed by atoms with van der Waals surface area (Å²) < 4.78 is 1.90. The van der Waals surface area contributed by atoms with Gasteiger partial charge in [-0.05, 0) is 12.8 Å². The summed E-state index contributed by atoms with van der Waals surface area (Å²) in [7, 11) is 0. The first-order chi connectivity index (χ1) is 8.77. The van der Waals surface area contributed by atoms with Crippen LogP contribution in [0.25, 0.3) is 11.2 Å². The highest BCUT2D eigenvalue weighted by atomic mass is 35.5. The monoisotopic (exact) mass is 283 g/mol. The maximum atomic E-state index is 8.01. The number of hydrogen-bond donors (Lipinski definition) is 2. The van der Waals surface area contributed by atoms with E-state index in [-0.39, 0.29) is 12.4 Å². The zero-order valence-electron chi connectivity index (χ0n) is 11.6. The summed E-state index contributed by atoms with van der Waals surface area (Å²) in [6, 6.07) is 0. The van der Waals surface area contributed by atoms with Gasteiger partial charge in [0.1, 0.15) is 5.52 Å². The van der Waals surface area contributed by atoms with Crippen LogP contribution in [0.5, 0.6) is 0 Å². The number of nitrogens with one attached hydrogen (secondary N) is 2. The second-order valence-electron chi connectivity index (χ2n) is 4.55. The van der Waals surface area contributed by atoms with Gasteiger partial charge < -0.3 is 4.98 Å². The SMILES string of the molecule is CCCCCCn1c(=N)nc(CC)c2[nH]cnc21.Cl. The Morgan fingerprint density at radius 3 is 2.74 bits per heavy atom. The molecule has 0 aliphatic heterocycles. The van der Waals surface area contributed by atoms with Crippen LogP contribution >= 0.6 is 12.4 Å². The quantitative estimate of drug-likeness (QED) is 0.800. The Labute approximate surface area is 119 Å². The summed E-state index contributed by atoms with van der Waals surface area (Å²) in [6.45, 7) is 5.08. The Bertz CT molecular complexity index is 572. The van der Waals surface area contributed by atoms with Gasteiger partial charge in [-0.25, -0.2) is 9.97 Å². The van der Waals surface area contributed by atoms with Crippen LogP contribution in [0, 0.1) is 5.41 Å². The number of nitrogens with zero attached hydrogens (tertiary/aromatic N) is 3. The molecular formula is C13H22ClN5. The first-order valence-electron chi connectivity index (χ1n) is 6.75. The smallest absolute Gasteiger partial charge is 0.223 e. The van der Waals surface area contributed by atoms with Crippen LogP contribution in [0.3, 0.4) is 0 Å². The zero-order valence-corrected chi connectivity index (χ0v) is 12.4. The van der Waals surface area contributed by atoms with Crippen LogP contribution in [0.2, 0.25) is 0 Å². The number of unbranched alkanes of at least 4 members (excludes halogenated alkanes) is 3. The number of halogens is 1. The molecule has 0 spiro atoms. The minimum absolute atomic E-state index is 0. The third kappa shape index (κ3) is 3.35. The third-order valence-electron chi connectivity index (χ3n) is 3.23. The summed E-state index contributed by atoms with van der Waals surface area (Å²) in [6.07, 6.45) is 7.26. The second kappa shape index (κ2) is 7.28. The highest BCUT2D eigenvalue weighted by Gasteiger charge is 2.09. The Hall–Kier alpha value is -1.36. The van der Waals surface area contributed by atoms with Gasteiger partial charge in [0.05, 0.1) is 12.0 Å². The fourth-order valence-corrected chi connectivity index (χ4v) is 2.21. The van der Waals surface area contributed by atoms with Gasteiger partial charge in [0, 0.05) is 6.54 Å². The van der Waals surface area contributed by atoms with E-state index in [0.717, 1.165) is 36.2 Å². The van der Waals surface area contributed by atoms with Crippen LogP contribution in [0.1, 0.15) is 45.2 Å². The molecule has 106 valence electrons. The summed E-state index contributed by atoms with van der Waals surface area (Å²) in [5.74, 6) is 0. The van der Waals surface area contributed by atoms with E-state index < -0.39 is 0 Å². The molecule has 2 rings (SSSR count). The average Bonchev–Trinajstić information content (AvgIpc) is 2.85. The van der Waals surface area contributed by atoms with Gasteiger partial charge in [-0.15, -0.1) is 12.4 Å². The molecule has 2 aromatic heterocycles. The normalized spacial score (nSPS) is 10.6. The van der Waals surface area contributed by atoms with Crippen LogP contribution < -0.4 is 5.62 Å². The number of H-pyrrole nitrogens is 1. The van der Waals surface area contributed by atoms with Crippen molar-refractivity contribution in [3.05, 3.63) is 17.6 Å². The van der Waals surface area contributed by atoms with Crippen molar-refractivity contribution in [2.45, 2.75) is 52.5 Å². The van der Waals surface area contributed by atoms with E-state index in [9.17, 15) is 0 Å². The summed E-state index contributed by atoms with van der Waals surface area (Å²) >= 11 is 0. The summed E-state index contributed by atoms with van der Waals surface area (Å²) in [5.41, 5.74) is 3.09. The van der Waals surface area contributed by atoms with Crippen LogP contribution in [0.4, 0.5) is 0 Å². The van der Waals surface area contributed by atoms with Gasteiger partial charge in [-0.2, -0.15) is 0 Å². The molecule has 0 aromatic carbocycles. The number of aromatic amines is 1. The molecule has 0 amide bonds. The first kappa shape index (κ1) is 15.7. The third-order valence-corrected chi connectivity index (χ3v) is 3.23. The number of hydrogen-bond acceptors (Lipinski definition) is 3. The molecular weight excluding hydrogens is 262 g/mol. The van der Waals surface area contributed by atoms with E-state index in [4.69, 9.17) is 5.41 Å². The fourth-order valence-electron chi connectivity index (χ4n) is 2.21. The van der Waals surface area contributed by atoms with E-state index in [0.29, 0.717) is 5.62 Å². The lowest BCUT2D eigenvalue weighted by Gasteiger charge is -2.09. The standard InChI is InChI=1S/C13H21N5.ClH/c1-3-5-6-7-8-18-12-11(15-9-16-12)10(4-2)17-13(18)14;/h9,14H,3-8H2,1-2H3,(H,15,16);1H. The molecule has 6 heteroatoms. The molecule has 0 bridgehead atoms. The highest BCUT2D eigenvalue weighted by Crippen LogP contribution is 2.12. The first-order valence-corrected chi connectivity index (χ1v) is 6.75. The minimum Gasteiger partial charge on any atom is -0.342 e. The van der Waals surface area contributed by atoms with Crippen LogP contribution in [-0.4, -0.2) is 19.5 Å².